The molecule has 0 bridgehead atoms. The Labute approximate surface area is 55.3 Å². The SMILES string of the molecule is N=Cc1ccccc1N.[HH]. The van der Waals surface area contributed by atoms with E-state index in [0.29, 0.717) is 5.69 Å². The first-order valence-electron chi connectivity index (χ1n) is 2.69. The Morgan fingerprint density at radius 3 is 2.56 bits per heavy atom. The number of para-hydroxylation sites is 1. The summed E-state index contributed by atoms with van der Waals surface area (Å²) in [6, 6.07) is 7.29. The minimum absolute atomic E-state index is 0. The van der Waals surface area contributed by atoms with Crippen molar-refractivity contribution in [1.82, 2.24) is 0 Å². The van der Waals surface area contributed by atoms with Crippen LogP contribution < -0.4 is 5.73 Å². The molecule has 1 aromatic carbocycles. The summed E-state index contributed by atoms with van der Waals surface area (Å²) in [5, 5.41) is 6.88. The quantitative estimate of drug-likeness (QED) is 0.430. The molecule has 0 saturated heterocycles. The van der Waals surface area contributed by atoms with Crippen LogP contribution in [0.15, 0.2) is 24.3 Å². The molecule has 0 aliphatic carbocycles. The van der Waals surface area contributed by atoms with Gasteiger partial charge in [-0.15, -0.1) is 0 Å². The Hall–Kier alpha value is -1.31. The molecule has 0 saturated carbocycles. The van der Waals surface area contributed by atoms with Crippen molar-refractivity contribution in [1.29, 1.82) is 5.41 Å². The number of rotatable bonds is 1. The highest BCUT2D eigenvalue weighted by molar-refractivity contribution is 5.84. The maximum Gasteiger partial charge on any atom is 0.0402 e. The molecule has 1 rings (SSSR count). The summed E-state index contributed by atoms with van der Waals surface area (Å²) in [6.45, 7) is 0. The average molecular weight is 122 g/mol. The van der Waals surface area contributed by atoms with Crippen molar-refractivity contribution in [2.75, 3.05) is 5.73 Å². The van der Waals surface area contributed by atoms with Crippen molar-refractivity contribution < 1.29 is 1.43 Å². The van der Waals surface area contributed by atoms with E-state index in [1.54, 1.807) is 6.07 Å². The summed E-state index contributed by atoms with van der Waals surface area (Å²) in [5.74, 6) is 0. The number of benzene rings is 1. The molecule has 0 unspecified atom stereocenters. The van der Waals surface area contributed by atoms with Crippen LogP contribution in [-0.2, 0) is 0 Å². The predicted octanol–water partition coefficient (Wildman–Crippen LogP) is 1.51. The van der Waals surface area contributed by atoms with E-state index in [4.69, 9.17) is 11.1 Å². The minimum atomic E-state index is 0. The summed E-state index contributed by atoms with van der Waals surface area (Å²) in [5.41, 5.74) is 6.92. The summed E-state index contributed by atoms with van der Waals surface area (Å²) in [7, 11) is 0. The molecule has 3 N–H and O–H groups in total. The third kappa shape index (κ3) is 1.08. The van der Waals surface area contributed by atoms with E-state index in [-0.39, 0.29) is 1.43 Å². The Morgan fingerprint density at radius 2 is 2.11 bits per heavy atom. The van der Waals surface area contributed by atoms with Crippen LogP contribution in [0.1, 0.15) is 6.99 Å². The van der Waals surface area contributed by atoms with Gasteiger partial charge in [0.15, 0.2) is 0 Å². The molecule has 1 aromatic rings. The molecule has 9 heavy (non-hydrogen) atoms. The standard InChI is InChI=1S/C7H8N2.H2/c8-5-6-3-1-2-4-7(6)9;/h1-5,8H,9H2;1H. The van der Waals surface area contributed by atoms with Crippen molar-refractivity contribution in [2.24, 2.45) is 0 Å². The van der Waals surface area contributed by atoms with E-state index >= 15 is 0 Å². The summed E-state index contributed by atoms with van der Waals surface area (Å²) in [4.78, 5) is 0. The van der Waals surface area contributed by atoms with Crippen LogP contribution in [-0.4, -0.2) is 6.21 Å². The van der Waals surface area contributed by atoms with Crippen molar-refractivity contribution >= 4 is 11.9 Å². The third-order valence-electron chi connectivity index (χ3n) is 1.15. The first kappa shape index (κ1) is 5.82. The number of hydrogen-bond donors (Lipinski definition) is 2. The van der Waals surface area contributed by atoms with Gasteiger partial charge >= 0.3 is 0 Å². The second-order valence-electron chi connectivity index (χ2n) is 1.77. The van der Waals surface area contributed by atoms with Gasteiger partial charge in [0, 0.05) is 18.9 Å². The van der Waals surface area contributed by atoms with Gasteiger partial charge in [0.05, 0.1) is 0 Å². The fraction of sp³-hybridized carbons (Fsp3) is 0. The van der Waals surface area contributed by atoms with Gasteiger partial charge in [-0.2, -0.15) is 0 Å². The first-order chi connectivity index (χ1) is 4.34. The second kappa shape index (κ2) is 2.31. The van der Waals surface area contributed by atoms with Gasteiger partial charge in [0.2, 0.25) is 0 Å². The molecule has 0 atom stereocenters. The van der Waals surface area contributed by atoms with E-state index in [9.17, 15) is 0 Å². The molecule has 2 nitrogen and oxygen atoms in total. The van der Waals surface area contributed by atoms with Crippen LogP contribution in [0.5, 0.6) is 0 Å². The minimum Gasteiger partial charge on any atom is -0.398 e. The molecule has 0 spiro atoms. The number of nitrogen functional groups attached to an aromatic ring is 1. The summed E-state index contributed by atoms with van der Waals surface area (Å²) in [6.07, 6.45) is 1.25. The number of hydrogen-bond acceptors (Lipinski definition) is 2. The molecule has 0 radical (unpaired) electrons. The maximum atomic E-state index is 6.88. The lowest BCUT2D eigenvalue weighted by Crippen LogP contribution is -1.90. The van der Waals surface area contributed by atoms with Crippen LogP contribution in [0.4, 0.5) is 5.69 Å². The molecule has 0 aliphatic rings. The monoisotopic (exact) mass is 122 g/mol. The highest BCUT2D eigenvalue weighted by Gasteiger charge is 1.88. The molecule has 0 aromatic heterocycles. The van der Waals surface area contributed by atoms with Crippen LogP contribution in [0.25, 0.3) is 0 Å². The molecule has 0 aliphatic heterocycles. The Morgan fingerprint density at radius 1 is 1.44 bits per heavy atom. The van der Waals surface area contributed by atoms with Gasteiger partial charge in [-0.05, 0) is 6.07 Å². The first-order valence-corrected chi connectivity index (χ1v) is 2.69. The van der Waals surface area contributed by atoms with E-state index in [0.717, 1.165) is 5.56 Å². The zero-order valence-corrected chi connectivity index (χ0v) is 4.96. The molecule has 0 fully saturated rings. The molecular formula is C7H10N2. The van der Waals surface area contributed by atoms with Crippen molar-refractivity contribution in [3.05, 3.63) is 29.8 Å². The fourth-order valence-corrected chi connectivity index (χ4v) is 0.642. The molecular weight excluding hydrogens is 112 g/mol. The van der Waals surface area contributed by atoms with Crippen molar-refractivity contribution in [3.63, 3.8) is 0 Å². The second-order valence-corrected chi connectivity index (χ2v) is 1.77. The van der Waals surface area contributed by atoms with E-state index in [1.807, 2.05) is 18.2 Å². The fourth-order valence-electron chi connectivity index (χ4n) is 0.642. The molecule has 0 heterocycles. The Kier molecular flexibility index (Phi) is 1.49. The number of nitrogens with two attached hydrogens (primary N) is 1. The van der Waals surface area contributed by atoms with E-state index in [2.05, 4.69) is 0 Å². The zero-order valence-electron chi connectivity index (χ0n) is 4.96. The van der Waals surface area contributed by atoms with Gasteiger partial charge in [-0.3, -0.25) is 0 Å². The van der Waals surface area contributed by atoms with Crippen molar-refractivity contribution in [2.45, 2.75) is 0 Å². The van der Waals surface area contributed by atoms with Gasteiger partial charge in [-0.1, -0.05) is 18.2 Å². The largest absolute Gasteiger partial charge is 0.398 e. The normalized spacial score (nSPS) is 8.89. The van der Waals surface area contributed by atoms with E-state index < -0.39 is 0 Å². The molecule has 2 heteroatoms. The number of nitrogens with one attached hydrogen (secondary N) is 1. The third-order valence-corrected chi connectivity index (χ3v) is 1.15. The predicted molar refractivity (Wildman–Crippen MR) is 40.9 cm³/mol. The Bertz CT molecular complexity index is 223. The lowest BCUT2D eigenvalue weighted by Gasteiger charge is -1.94. The Balaban J connectivity index is 0.000000810. The van der Waals surface area contributed by atoms with Crippen LogP contribution in [0, 0.1) is 5.41 Å². The maximum absolute atomic E-state index is 6.88. The van der Waals surface area contributed by atoms with Gasteiger partial charge < -0.3 is 11.1 Å². The lowest BCUT2D eigenvalue weighted by molar-refractivity contribution is 1.54. The molecule has 48 valence electrons. The average Bonchev–Trinajstić information content (AvgIpc) is 1.89. The highest BCUT2D eigenvalue weighted by Crippen LogP contribution is 2.05. The van der Waals surface area contributed by atoms with Gasteiger partial charge in [0.1, 0.15) is 0 Å². The van der Waals surface area contributed by atoms with Crippen LogP contribution >= 0.6 is 0 Å². The van der Waals surface area contributed by atoms with Crippen LogP contribution in [0.3, 0.4) is 0 Å². The van der Waals surface area contributed by atoms with Gasteiger partial charge in [-0.25, -0.2) is 0 Å². The topological polar surface area (TPSA) is 49.9 Å². The van der Waals surface area contributed by atoms with Crippen LogP contribution in [0.2, 0.25) is 0 Å². The summed E-state index contributed by atoms with van der Waals surface area (Å²) >= 11 is 0. The van der Waals surface area contributed by atoms with E-state index in [1.165, 1.54) is 6.21 Å². The highest BCUT2D eigenvalue weighted by atomic mass is 14.6. The van der Waals surface area contributed by atoms with Gasteiger partial charge in [0.25, 0.3) is 0 Å². The van der Waals surface area contributed by atoms with Crippen molar-refractivity contribution in [3.8, 4) is 0 Å². The zero-order chi connectivity index (χ0) is 6.69. The molecule has 0 amide bonds. The lowest BCUT2D eigenvalue weighted by atomic mass is 10.2. The summed E-state index contributed by atoms with van der Waals surface area (Å²) < 4.78 is 0. The number of anilines is 1. The smallest absolute Gasteiger partial charge is 0.0402 e.